The van der Waals surface area contributed by atoms with E-state index >= 15 is 0 Å². The fourth-order valence-corrected chi connectivity index (χ4v) is 2.23. The van der Waals surface area contributed by atoms with Crippen molar-refractivity contribution in [1.29, 1.82) is 0 Å². The number of benzene rings is 1. The Morgan fingerprint density at radius 2 is 2.14 bits per heavy atom. The van der Waals surface area contributed by atoms with Gasteiger partial charge in [0.25, 0.3) is 6.43 Å². The van der Waals surface area contributed by atoms with Crippen molar-refractivity contribution in [3.05, 3.63) is 29.3 Å². The largest absolute Gasteiger partial charge is 0.375 e. The molecule has 1 N–H and O–H groups in total. The van der Waals surface area contributed by atoms with E-state index in [1.54, 1.807) is 18.2 Å². The SMILES string of the molecule is O=C1CCCc2cc(C(=O)CCOCC(F)F)ccc2N1. The van der Waals surface area contributed by atoms with E-state index < -0.39 is 13.0 Å². The number of rotatable bonds is 6. The molecular formula is C15H17F2NO3. The molecule has 0 radical (unpaired) electrons. The Balaban J connectivity index is 1.96. The second-order valence-corrected chi connectivity index (χ2v) is 4.91. The molecule has 2 rings (SSSR count). The molecule has 0 atom stereocenters. The first kappa shape index (κ1) is 15.6. The number of carbonyl (C=O) groups excluding carboxylic acids is 2. The summed E-state index contributed by atoms with van der Waals surface area (Å²) in [7, 11) is 0. The molecule has 114 valence electrons. The average molecular weight is 297 g/mol. The Morgan fingerprint density at radius 1 is 1.33 bits per heavy atom. The Labute approximate surface area is 121 Å². The van der Waals surface area contributed by atoms with Crippen molar-refractivity contribution >= 4 is 17.4 Å². The number of hydrogen-bond donors (Lipinski definition) is 1. The van der Waals surface area contributed by atoms with Gasteiger partial charge < -0.3 is 10.1 Å². The average Bonchev–Trinajstić information content (AvgIpc) is 2.62. The molecule has 1 amide bonds. The number of anilines is 1. The van der Waals surface area contributed by atoms with Crippen LogP contribution in [0, 0.1) is 0 Å². The topological polar surface area (TPSA) is 55.4 Å². The summed E-state index contributed by atoms with van der Waals surface area (Å²) in [6, 6.07) is 5.11. The van der Waals surface area contributed by atoms with Crippen molar-refractivity contribution in [3.63, 3.8) is 0 Å². The molecule has 4 nitrogen and oxygen atoms in total. The van der Waals surface area contributed by atoms with Gasteiger partial charge in [-0.05, 0) is 36.6 Å². The summed E-state index contributed by atoms with van der Waals surface area (Å²) < 4.78 is 28.5. The summed E-state index contributed by atoms with van der Waals surface area (Å²) in [5.41, 5.74) is 2.19. The minimum Gasteiger partial charge on any atom is -0.375 e. The van der Waals surface area contributed by atoms with E-state index in [1.807, 2.05) is 0 Å². The van der Waals surface area contributed by atoms with Gasteiger partial charge in [0.1, 0.15) is 6.61 Å². The molecule has 0 fully saturated rings. The molecule has 0 spiro atoms. The standard InChI is InChI=1S/C15H17F2NO3/c16-14(17)9-21-7-6-13(19)11-4-5-12-10(8-11)2-1-3-15(20)18-12/h4-5,8,14H,1-3,6-7,9H2,(H,18,20). The van der Waals surface area contributed by atoms with Gasteiger partial charge in [0, 0.05) is 24.1 Å². The first-order valence-electron chi connectivity index (χ1n) is 6.88. The second-order valence-electron chi connectivity index (χ2n) is 4.91. The van der Waals surface area contributed by atoms with E-state index in [-0.39, 0.29) is 24.7 Å². The molecule has 0 saturated heterocycles. The fraction of sp³-hybridized carbons (Fsp3) is 0.467. The van der Waals surface area contributed by atoms with Crippen LogP contribution in [0.3, 0.4) is 0 Å². The van der Waals surface area contributed by atoms with Crippen LogP contribution in [0.25, 0.3) is 0 Å². The summed E-state index contributed by atoms with van der Waals surface area (Å²) in [5, 5.41) is 2.80. The summed E-state index contributed by atoms with van der Waals surface area (Å²) >= 11 is 0. The molecule has 1 aromatic rings. The van der Waals surface area contributed by atoms with Gasteiger partial charge in [-0.25, -0.2) is 8.78 Å². The highest BCUT2D eigenvalue weighted by atomic mass is 19.3. The number of ketones is 1. The van der Waals surface area contributed by atoms with Crippen LogP contribution in [0.4, 0.5) is 14.5 Å². The zero-order chi connectivity index (χ0) is 15.2. The minimum absolute atomic E-state index is 0.0169. The number of carbonyl (C=O) groups is 2. The lowest BCUT2D eigenvalue weighted by atomic mass is 10.0. The van der Waals surface area contributed by atoms with Crippen molar-refractivity contribution in [1.82, 2.24) is 0 Å². The van der Waals surface area contributed by atoms with Crippen LogP contribution < -0.4 is 5.32 Å². The third kappa shape index (κ3) is 4.60. The maximum absolute atomic E-state index is 12.0. The highest BCUT2D eigenvalue weighted by Gasteiger charge is 2.15. The number of hydrogen-bond acceptors (Lipinski definition) is 3. The number of nitrogens with one attached hydrogen (secondary N) is 1. The number of alkyl halides is 2. The molecule has 1 aromatic carbocycles. The first-order valence-corrected chi connectivity index (χ1v) is 6.88. The maximum Gasteiger partial charge on any atom is 0.261 e. The highest BCUT2D eigenvalue weighted by molar-refractivity contribution is 5.98. The van der Waals surface area contributed by atoms with Gasteiger partial charge in [-0.2, -0.15) is 0 Å². The number of Topliss-reactive ketones (excluding diaryl/α,β-unsaturated/α-hetero) is 1. The van der Waals surface area contributed by atoms with Crippen molar-refractivity contribution < 1.29 is 23.1 Å². The Hall–Kier alpha value is -1.82. The molecule has 1 heterocycles. The highest BCUT2D eigenvalue weighted by Crippen LogP contribution is 2.23. The Bertz CT molecular complexity index is 532. The van der Waals surface area contributed by atoms with Gasteiger partial charge in [0.15, 0.2) is 5.78 Å². The van der Waals surface area contributed by atoms with Crippen LogP contribution >= 0.6 is 0 Å². The third-order valence-corrected chi connectivity index (χ3v) is 3.27. The molecule has 0 aliphatic carbocycles. The van der Waals surface area contributed by atoms with Crippen molar-refractivity contribution in [2.75, 3.05) is 18.5 Å². The lowest BCUT2D eigenvalue weighted by Gasteiger charge is -2.09. The molecule has 0 unspecified atom stereocenters. The first-order chi connectivity index (χ1) is 10.1. The fourth-order valence-electron chi connectivity index (χ4n) is 2.23. The number of aryl methyl sites for hydroxylation is 1. The third-order valence-electron chi connectivity index (χ3n) is 3.27. The van der Waals surface area contributed by atoms with Crippen LogP contribution in [-0.2, 0) is 16.0 Å². The van der Waals surface area contributed by atoms with E-state index in [0.29, 0.717) is 12.0 Å². The lowest BCUT2D eigenvalue weighted by Crippen LogP contribution is -2.11. The number of fused-ring (bicyclic) bond motifs is 1. The van der Waals surface area contributed by atoms with Crippen molar-refractivity contribution in [3.8, 4) is 0 Å². The molecular weight excluding hydrogens is 280 g/mol. The molecule has 1 aliphatic rings. The molecule has 6 heteroatoms. The summed E-state index contributed by atoms with van der Waals surface area (Å²) in [6.45, 7) is -0.666. The van der Waals surface area contributed by atoms with E-state index in [2.05, 4.69) is 5.32 Å². The van der Waals surface area contributed by atoms with E-state index in [1.165, 1.54) is 0 Å². The van der Waals surface area contributed by atoms with E-state index in [9.17, 15) is 18.4 Å². The van der Waals surface area contributed by atoms with Gasteiger partial charge in [0.2, 0.25) is 5.91 Å². The number of ether oxygens (including phenoxy) is 1. The van der Waals surface area contributed by atoms with Crippen molar-refractivity contribution in [2.24, 2.45) is 0 Å². The van der Waals surface area contributed by atoms with E-state index in [0.717, 1.165) is 24.1 Å². The molecule has 0 saturated carbocycles. The Morgan fingerprint density at radius 3 is 2.90 bits per heavy atom. The molecule has 0 bridgehead atoms. The lowest BCUT2D eigenvalue weighted by molar-refractivity contribution is -0.116. The van der Waals surface area contributed by atoms with Gasteiger partial charge in [-0.3, -0.25) is 9.59 Å². The number of amides is 1. The van der Waals surface area contributed by atoms with Crippen LogP contribution in [-0.4, -0.2) is 31.3 Å². The smallest absolute Gasteiger partial charge is 0.261 e. The van der Waals surface area contributed by atoms with E-state index in [4.69, 9.17) is 4.74 Å². The minimum atomic E-state index is -2.52. The van der Waals surface area contributed by atoms with Gasteiger partial charge >= 0.3 is 0 Å². The van der Waals surface area contributed by atoms with Gasteiger partial charge in [-0.1, -0.05) is 0 Å². The summed E-state index contributed by atoms with van der Waals surface area (Å²) in [6.07, 6.45) is -0.501. The normalized spacial score (nSPS) is 14.5. The van der Waals surface area contributed by atoms with Gasteiger partial charge in [-0.15, -0.1) is 0 Å². The second kappa shape index (κ2) is 7.26. The monoisotopic (exact) mass is 297 g/mol. The molecule has 21 heavy (non-hydrogen) atoms. The van der Waals surface area contributed by atoms with Crippen LogP contribution in [0.1, 0.15) is 35.2 Å². The zero-order valence-corrected chi connectivity index (χ0v) is 11.5. The van der Waals surface area contributed by atoms with Crippen LogP contribution in [0.2, 0.25) is 0 Å². The van der Waals surface area contributed by atoms with Gasteiger partial charge in [0.05, 0.1) is 6.61 Å². The van der Waals surface area contributed by atoms with Crippen molar-refractivity contribution in [2.45, 2.75) is 32.1 Å². The predicted molar refractivity (Wildman–Crippen MR) is 73.8 cm³/mol. The summed E-state index contributed by atoms with van der Waals surface area (Å²) in [5.74, 6) is -0.170. The van der Waals surface area contributed by atoms with Crippen LogP contribution in [0.5, 0.6) is 0 Å². The Kier molecular flexibility index (Phi) is 5.38. The summed E-state index contributed by atoms with van der Waals surface area (Å²) in [4.78, 5) is 23.4. The number of halogens is 2. The molecule has 0 aromatic heterocycles. The predicted octanol–water partition coefficient (Wildman–Crippen LogP) is 2.82. The maximum atomic E-state index is 12.0. The molecule has 1 aliphatic heterocycles. The zero-order valence-electron chi connectivity index (χ0n) is 11.5. The van der Waals surface area contributed by atoms with Crippen LogP contribution in [0.15, 0.2) is 18.2 Å². The quantitative estimate of drug-likeness (QED) is 0.649.